The molecule has 7 heteroatoms. The molecule has 26 heavy (non-hydrogen) atoms. The van der Waals surface area contributed by atoms with E-state index in [-0.39, 0.29) is 11.2 Å². The zero-order valence-electron chi connectivity index (χ0n) is 13.8. The summed E-state index contributed by atoms with van der Waals surface area (Å²) in [4.78, 5) is 27.6. The number of nitrogens with one attached hydrogen (secondary N) is 1. The molecule has 128 valence electrons. The Labute approximate surface area is 148 Å². The van der Waals surface area contributed by atoms with Crippen molar-refractivity contribution in [3.8, 4) is 5.69 Å². The minimum atomic E-state index is -0.444. The van der Waals surface area contributed by atoms with Crippen molar-refractivity contribution in [2.75, 3.05) is 0 Å². The van der Waals surface area contributed by atoms with Gasteiger partial charge in [-0.3, -0.25) is 25.0 Å². The molecule has 1 aromatic heterocycles. The number of para-hydroxylation sites is 1. The molecule has 3 aromatic rings. The number of rotatable bonds is 3. The maximum atomic E-state index is 12.8. The van der Waals surface area contributed by atoms with E-state index in [4.69, 9.17) is 0 Å². The highest BCUT2D eigenvalue weighted by Crippen LogP contribution is 2.35. The Morgan fingerprint density at radius 1 is 1.19 bits per heavy atom. The third kappa shape index (κ3) is 2.55. The molecule has 1 aliphatic heterocycles. The van der Waals surface area contributed by atoms with Crippen molar-refractivity contribution in [2.45, 2.75) is 6.92 Å². The Hall–Kier alpha value is -3.74. The number of non-ortho nitro benzene ring substituents is 1. The van der Waals surface area contributed by atoms with E-state index in [1.165, 1.54) is 16.8 Å². The first-order valence-electron chi connectivity index (χ1n) is 7.96. The van der Waals surface area contributed by atoms with E-state index in [1.54, 1.807) is 18.4 Å². The standard InChI is InChI=1S/C19H14N4O3/c1-12-16(19(24)22(21-12)14-5-3-2-4-6-14)9-13-11-20-18-8-7-15(23(25)26)10-17(13)18/h2-11,21H,1H3/b13-9+. The second-order valence-electron chi connectivity index (χ2n) is 5.94. The number of nitrogens with zero attached hydrogens (tertiary/aromatic N) is 3. The van der Waals surface area contributed by atoms with Gasteiger partial charge in [0.15, 0.2) is 0 Å². The zero-order chi connectivity index (χ0) is 18.3. The van der Waals surface area contributed by atoms with Gasteiger partial charge in [0, 0.05) is 35.2 Å². The number of allylic oxidation sites excluding steroid dienone is 1. The summed E-state index contributed by atoms with van der Waals surface area (Å²) < 4.78 is 1.47. The van der Waals surface area contributed by atoms with Crippen LogP contribution in [-0.4, -0.2) is 20.9 Å². The maximum Gasteiger partial charge on any atom is 0.278 e. The van der Waals surface area contributed by atoms with E-state index < -0.39 is 4.92 Å². The minimum Gasteiger partial charge on any atom is -0.295 e. The number of benzene rings is 2. The van der Waals surface area contributed by atoms with Crippen molar-refractivity contribution in [3.05, 3.63) is 85.8 Å². The van der Waals surface area contributed by atoms with Crippen molar-refractivity contribution in [3.63, 3.8) is 0 Å². The van der Waals surface area contributed by atoms with Crippen molar-refractivity contribution < 1.29 is 4.92 Å². The van der Waals surface area contributed by atoms with Crippen LogP contribution in [0.1, 0.15) is 16.8 Å². The van der Waals surface area contributed by atoms with Gasteiger partial charge in [-0.1, -0.05) is 18.2 Å². The minimum absolute atomic E-state index is 0.00682. The molecule has 0 saturated heterocycles. The topological polar surface area (TPSA) is 93.3 Å². The quantitative estimate of drug-likeness (QED) is 0.579. The molecule has 0 fully saturated rings. The fourth-order valence-corrected chi connectivity index (χ4v) is 2.95. The summed E-state index contributed by atoms with van der Waals surface area (Å²) >= 11 is 0. The lowest BCUT2D eigenvalue weighted by Crippen LogP contribution is -2.15. The average Bonchev–Trinajstić information content (AvgIpc) is 3.18. The van der Waals surface area contributed by atoms with E-state index >= 15 is 0 Å². The van der Waals surface area contributed by atoms with E-state index in [0.29, 0.717) is 28.1 Å². The average molecular weight is 346 g/mol. The number of H-pyrrole nitrogens is 1. The SMILES string of the molecule is Cc1[nH]n(-c2ccccc2)c(=O)c1/C=C1\C=Nc2ccc([N+](=O)[O-])cc21. The number of aliphatic imine (C=N–C) groups is 1. The summed E-state index contributed by atoms with van der Waals surface area (Å²) in [6, 6.07) is 13.8. The first kappa shape index (κ1) is 15.8. The third-order valence-corrected chi connectivity index (χ3v) is 4.28. The highest BCUT2D eigenvalue weighted by molar-refractivity contribution is 6.21. The number of hydrogen-bond donors (Lipinski definition) is 1. The van der Waals surface area contributed by atoms with Crippen molar-refractivity contribution in [1.29, 1.82) is 0 Å². The fourth-order valence-electron chi connectivity index (χ4n) is 2.95. The Balaban J connectivity index is 1.82. The highest BCUT2D eigenvalue weighted by Gasteiger charge is 2.19. The van der Waals surface area contributed by atoms with Crippen LogP contribution in [0.25, 0.3) is 17.3 Å². The van der Waals surface area contributed by atoms with Gasteiger partial charge in [-0.25, -0.2) is 4.68 Å². The van der Waals surface area contributed by atoms with E-state index in [9.17, 15) is 14.9 Å². The lowest BCUT2D eigenvalue weighted by atomic mass is 10.0. The van der Waals surface area contributed by atoms with Crippen LogP contribution in [0.3, 0.4) is 0 Å². The smallest absolute Gasteiger partial charge is 0.278 e. The second-order valence-corrected chi connectivity index (χ2v) is 5.94. The fraction of sp³-hybridized carbons (Fsp3) is 0.0526. The third-order valence-electron chi connectivity index (χ3n) is 4.28. The molecule has 1 aliphatic rings. The zero-order valence-corrected chi connectivity index (χ0v) is 13.8. The number of aromatic amines is 1. The molecule has 4 rings (SSSR count). The molecular weight excluding hydrogens is 332 g/mol. The molecule has 0 atom stereocenters. The van der Waals surface area contributed by atoms with Crippen LogP contribution in [0.4, 0.5) is 11.4 Å². The van der Waals surface area contributed by atoms with Gasteiger partial charge in [0.05, 0.1) is 21.9 Å². The number of nitro benzene ring substituents is 1. The molecule has 0 radical (unpaired) electrons. The Kier molecular flexibility index (Phi) is 3.62. The number of hydrogen-bond acceptors (Lipinski definition) is 4. The summed E-state index contributed by atoms with van der Waals surface area (Å²) in [7, 11) is 0. The first-order chi connectivity index (χ1) is 12.5. The van der Waals surface area contributed by atoms with Crippen LogP contribution in [0.15, 0.2) is 58.3 Å². The predicted octanol–water partition coefficient (Wildman–Crippen LogP) is 3.64. The molecular formula is C19H14N4O3. The summed E-state index contributed by atoms with van der Waals surface area (Å²) in [5.74, 6) is 0. The Morgan fingerprint density at radius 3 is 2.69 bits per heavy atom. The normalized spacial score (nSPS) is 14.0. The molecule has 2 aromatic carbocycles. The number of aryl methyl sites for hydroxylation is 1. The van der Waals surface area contributed by atoms with Crippen molar-refractivity contribution >= 4 is 29.2 Å². The number of nitro groups is 1. The van der Waals surface area contributed by atoms with Crippen LogP contribution < -0.4 is 5.56 Å². The Morgan fingerprint density at radius 2 is 1.96 bits per heavy atom. The molecule has 7 nitrogen and oxygen atoms in total. The molecule has 0 unspecified atom stereocenters. The van der Waals surface area contributed by atoms with E-state index in [1.807, 2.05) is 37.3 Å². The van der Waals surface area contributed by atoms with Gasteiger partial charge >= 0.3 is 0 Å². The summed E-state index contributed by atoms with van der Waals surface area (Å²) in [6.45, 7) is 1.81. The molecule has 0 spiro atoms. The maximum absolute atomic E-state index is 12.8. The van der Waals surface area contributed by atoms with Crippen LogP contribution in [-0.2, 0) is 0 Å². The molecule has 2 heterocycles. The largest absolute Gasteiger partial charge is 0.295 e. The van der Waals surface area contributed by atoms with Crippen LogP contribution in [0.5, 0.6) is 0 Å². The van der Waals surface area contributed by atoms with E-state index in [0.717, 1.165) is 5.69 Å². The van der Waals surface area contributed by atoms with Crippen LogP contribution in [0, 0.1) is 17.0 Å². The van der Waals surface area contributed by atoms with Gasteiger partial charge in [0.2, 0.25) is 0 Å². The lowest BCUT2D eigenvalue weighted by molar-refractivity contribution is -0.384. The van der Waals surface area contributed by atoms with Gasteiger partial charge < -0.3 is 0 Å². The van der Waals surface area contributed by atoms with Gasteiger partial charge in [-0.05, 0) is 31.2 Å². The molecule has 0 saturated carbocycles. The van der Waals surface area contributed by atoms with Gasteiger partial charge in [-0.2, -0.15) is 0 Å². The lowest BCUT2D eigenvalue weighted by Gasteiger charge is -2.00. The summed E-state index contributed by atoms with van der Waals surface area (Å²) in [5.41, 5.74) is 3.71. The Bertz CT molecular complexity index is 1140. The summed E-state index contributed by atoms with van der Waals surface area (Å²) in [5, 5.41) is 14.1. The second kappa shape index (κ2) is 5.96. The van der Waals surface area contributed by atoms with Gasteiger partial charge in [0.1, 0.15) is 0 Å². The number of aromatic nitrogens is 2. The molecule has 0 amide bonds. The van der Waals surface area contributed by atoms with E-state index in [2.05, 4.69) is 10.1 Å². The van der Waals surface area contributed by atoms with Crippen molar-refractivity contribution in [2.24, 2.45) is 4.99 Å². The van der Waals surface area contributed by atoms with Gasteiger partial charge in [0.25, 0.3) is 11.2 Å². The molecule has 1 N–H and O–H groups in total. The first-order valence-corrected chi connectivity index (χ1v) is 7.96. The monoisotopic (exact) mass is 346 g/mol. The van der Waals surface area contributed by atoms with Crippen LogP contribution in [0.2, 0.25) is 0 Å². The highest BCUT2D eigenvalue weighted by atomic mass is 16.6. The van der Waals surface area contributed by atoms with Gasteiger partial charge in [-0.15, -0.1) is 0 Å². The van der Waals surface area contributed by atoms with Crippen molar-refractivity contribution in [1.82, 2.24) is 9.78 Å². The number of fused-ring (bicyclic) bond motifs is 1. The van der Waals surface area contributed by atoms with Crippen LogP contribution >= 0.6 is 0 Å². The molecule has 0 bridgehead atoms. The summed E-state index contributed by atoms with van der Waals surface area (Å²) in [6.07, 6.45) is 3.33. The molecule has 0 aliphatic carbocycles. The predicted molar refractivity (Wildman–Crippen MR) is 100 cm³/mol.